The van der Waals surface area contributed by atoms with Crippen molar-refractivity contribution in [1.82, 2.24) is 10.4 Å². The fraction of sp³-hybridized carbons (Fsp3) is 0.440. The molecule has 1 saturated heterocycles. The Morgan fingerprint density at radius 2 is 1.91 bits per heavy atom. The molecule has 3 N–H and O–H groups in total. The lowest BCUT2D eigenvalue weighted by Gasteiger charge is -2.38. The van der Waals surface area contributed by atoms with Gasteiger partial charge < -0.3 is 19.5 Å². The Labute approximate surface area is 194 Å². The van der Waals surface area contributed by atoms with Crippen LogP contribution in [0, 0.1) is 5.92 Å². The Balaban J connectivity index is 1.72. The van der Waals surface area contributed by atoms with Crippen molar-refractivity contribution >= 4 is 11.8 Å². The largest absolute Gasteiger partial charge is 0.494 e. The predicted molar refractivity (Wildman–Crippen MR) is 122 cm³/mol. The Morgan fingerprint density at radius 1 is 1.18 bits per heavy atom. The highest BCUT2D eigenvalue weighted by atomic mass is 16.5. The fourth-order valence-electron chi connectivity index (χ4n) is 4.14. The van der Waals surface area contributed by atoms with Gasteiger partial charge in [-0.3, -0.25) is 14.8 Å². The van der Waals surface area contributed by atoms with E-state index in [0.29, 0.717) is 45.6 Å². The van der Waals surface area contributed by atoms with E-state index in [9.17, 15) is 14.7 Å². The van der Waals surface area contributed by atoms with Gasteiger partial charge in [0.1, 0.15) is 11.9 Å². The van der Waals surface area contributed by atoms with E-state index in [2.05, 4.69) is 0 Å². The molecule has 8 nitrogen and oxygen atoms in total. The number of nitrogens with zero attached hydrogens (tertiary/aromatic N) is 1. The van der Waals surface area contributed by atoms with Gasteiger partial charge in [-0.1, -0.05) is 42.5 Å². The molecule has 0 aromatic heterocycles. The number of hydrogen-bond acceptors (Lipinski definition) is 6. The number of aliphatic hydroxyl groups excluding tert-OH is 1. The Hall–Kier alpha value is -2.94. The van der Waals surface area contributed by atoms with E-state index >= 15 is 0 Å². The first-order valence-electron chi connectivity index (χ1n) is 11.3. The number of aliphatic hydroxyl groups is 1. The van der Waals surface area contributed by atoms with Gasteiger partial charge >= 0.3 is 0 Å². The van der Waals surface area contributed by atoms with Crippen molar-refractivity contribution in [2.75, 3.05) is 26.4 Å². The number of hydrogen-bond donors (Lipinski definition) is 3. The molecule has 1 fully saturated rings. The van der Waals surface area contributed by atoms with Crippen molar-refractivity contribution in [2.24, 2.45) is 5.92 Å². The number of amides is 2. The lowest BCUT2D eigenvalue weighted by molar-refractivity contribution is -0.156. The predicted octanol–water partition coefficient (Wildman–Crippen LogP) is 2.49. The first-order chi connectivity index (χ1) is 16.0. The van der Waals surface area contributed by atoms with Gasteiger partial charge in [-0.25, -0.2) is 5.48 Å². The molecule has 1 aliphatic heterocycles. The number of hydroxylamine groups is 1. The molecule has 0 saturated carbocycles. The highest BCUT2D eigenvalue weighted by molar-refractivity contribution is 5.89. The average Bonchev–Trinajstić information content (AvgIpc) is 2.87. The summed E-state index contributed by atoms with van der Waals surface area (Å²) in [6.07, 6.45) is -0.100. The highest BCUT2D eigenvalue weighted by Crippen LogP contribution is 2.28. The summed E-state index contributed by atoms with van der Waals surface area (Å²) in [4.78, 5) is 27.2. The normalized spacial score (nSPS) is 17.8. The molecule has 0 spiro atoms. The number of rotatable bonds is 10. The summed E-state index contributed by atoms with van der Waals surface area (Å²) in [6.45, 7) is 3.61. The lowest BCUT2D eigenvalue weighted by atomic mass is 9.91. The SMILES string of the molecule is CCOc1ccc(CCC[C@@H](C(=O)N2CCOC[C@@H]2c2ccccc2)[C@H](O)C(=O)NO)cc1. The number of carbonyl (C=O) groups excluding carboxylic acids is 2. The number of nitrogens with one attached hydrogen (secondary N) is 1. The van der Waals surface area contributed by atoms with Crippen LogP contribution >= 0.6 is 0 Å². The van der Waals surface area contributed by atoms with E-state index < -0.39 is 17.9 Å². The lowest BCUT2D eigenvalue weighted by Crippen LogP contribution is -2.51. The molecule has 178 valence electrons. The summed E-state index contributed by atoms with van der Waals surface area (Å²) in [6, 6.07) is 17.0. The van der Waals surface area contributed by atoms with Crippen LogP contribution in [-0.2, 0) is 20.7 Å². The molecular weight excluding hydrogens is 424 g/mol. The van der Waals surface area contributed by atoms with E-state index in [-0.39, 0.29) is 11.9 Å². The smallest absolute Gasteiger partial charge is 0.272 e. The van der Waals surface area contributed by atoms with Gasteiger partial charge in [-0.15, -0.1) is 0 Å². The third-order valence-corrected chi connectivity index (χ3v) is 5.89. The van der Waals surface area contributed by atoms with Crippen LogP contribution < -0.4 is 10.2 Å². The second-order valence-electron chi connectivity index (χ2n) is 8.03. The van der Waals surface area contributed by atoms with E-state index in [0.717, 1.165) is 16.9 Å². The topological polar surface area (TPSA) is 108 Å². The second-order valence-corrected chi connectivity index (χ2v) is 8.03. The zero-order chi connectivity index (χ0) is 23.6. The van der Waals surface area contributed by atoms with E-state index in [1.165, 1.54) is 5.48 Å². The quantitative estimate of drug-likeness (QED) is 0.375. The minimum absolute atomic E-state index is 0.291. The van der Waals surface area contributed by atoms with Crippen LogP contribution in [-0.4, -0.2) is 59.5 Å². The number of morpholine rings is 1. The third kappa shape index (κ3) is 6.54. The summed E-state index contributed by atoms with van der Waals surface area (Å²) >= 11 is 0. The average molecular weight is 457 g/mol. The first kappa shape index (κ1) is 24.7. The van der Waals surface area contributed by atoms with Crippen LogP contribution in [0.1, 0.15) is 36.9 Å². The van der Waals surface area contributed by atoms with E-state index in [4.69, 9.17) is 14.7 Å². The van der Waals surface area contributed by atoms with Crippen LogP contribution in [0.3, 0.4) is 0 Å². The van der Waals surface area contributed by atoms with Crippen LogP contribution in [0.25, 0.3) is 0 Å². The molecule has 2 aromatic rings. The molecule has 0 unspecified atom stereocenters. The molecule has 3 atom stereocenters. The molecule has 0 aliphatic carbocycles. The van der Waals surface area contributed by atoms with Crippen LogP contribution in [0.2, 0.25) is 0 Å². The summed E-state index contributed by atoms with van der Waals surface area (Å²) in [5.74, 6) is -1.50. The highest BCUT2D eigenvalue weighted by Gasteiger charge is 2.38. The number of aryl methyl sites for hydroxylation is 1. The first-order valence-corrected chi connectivity index (χ1v) is 11.3. The van der Waals surface area contributed by atoms with Crippen molar-refractivity contribution in [3.8, 4) is 5.75 Å². The van der Waals surface area contributed by atoms with Crippen molar-refractivity contribution < 1.29 is 29.4 Å². The van der Waals surface area contributed by atoms with Crippen molar-refractivity contribution in [1.29, 1.82) is 0 Å². The molecule has 8 heteroatoms. The Kier molecular flexibility index (Phi) is 9.24. The molecule has 2 aromatic carbocycles. The van der Waals surface area contributed by atoms with Gasteiger partial charge in [0.2, 0.25) is 5.91 Å². The summed E-state index contributed by atoms with van der Waals surface area (Å²) in [5, 5.41) is 19.6. The molecule has 1 aliphatic rings. The maximum atomic E-state index is 13.5. The van der Waals surface area contributed by atoms with Gasteiger partial charge in [-0.05, 0) is 49.4 Å². The van der Waals surface area contributed by atoms with Crippen molar-refractivity contribution in [3.05, 3.63) is 65.7 Å². The van der Waals surface area contributed by atoms with E-state index in [1.807, 2.05) is 61.5 Å². The Morgan fingerprint density at radius 3 is 2.58 bits per heavy atom. The van der Waals surface area contributed by atoms with Crippen LogP contribution in [0.15, 0.2) is 54.6 Å². The zero-order valence-corrected chi connectivity index (χ0v) is 18.9. The summed E-state index contributed by atoms with van der Waals surface area (Å²) in [7, 11) is 0. The molecule has 33 heavy (non-hydrogen) atoms. The molecular formula is C25H32N2O6. The van der Waals surface area contributed by atoms with Gasteiger partial charge in [0.25, 0.3) is 5.91 Å². The summed E-state index contributed by atoms with van der Waals surface area (Å²) in [5.41, 5.74) is 3.47. The summed E-state index contributed by atoms with van der Waals surface area (Å²) < 4.78 is 11.1. The maximum Gasteiger partial charge on any atom is 0.272 e. The fourth-order valence-corrected chi connectivity index (χ4v) is 4.14. The number of benzene rings is 2. The molecule has 0 radical (unpaired) electrons. The van der Waals surface area contributed by atoms with Gasteiger partial charge in [-0.2, -0.15) is 0 Å². The van der Waals surface area contributed by atoms with Gasteiger partial charge in [0.15, 0.2) is 0 Å². The minimum Gasteiger partial charge on any atom is -0.494 e. The number of carbonyl (C=O) groups is 2. The van der Waals surface area contributed by atoms with Gasteiger partial charge in [0.05, 0.1) is 31.8 Å². The van der Waals surface area contributed by atoms with Gasteiger partial charge in [0, 0.05) is 6.54 Å². The minimum atomic E-state index is -1.65. The molecule has 2 amide bonds. The number of ether oxygens (including phenoxy) is 2. The standard InChI is InChI=1S/C25H32N2O6/c1-2-33-20-13-11-18(12-14-20)7-6-10-21(23(28)24(29)26-31)25(30)27-15-16-32-17-22(27)19-8-4-3-5-9-19/h3-5,8-9,11-14,21-23,28,31H,2,6-7,10,15-17H2,1H3,(H,26,29)/t21-,22-,23+/m1/s1. The van der Waals surface area contributed by atoms with Crippen molar-refractivity contribution in [2.45, 2.75) is 38.3 Å². The Bertz CT molecular complexity index is 890. The third-order valence-electron chi connectivity index (χ3n) is 5.89. The van der Waals surface area contributed by atoms with Crippen LogP contribution in [0.5, 0.6) is 5.75 Å². The van der Waals surface area contributed by atoms with E-state index in [1.54, 1.807) is 4.90 Å². The van der Waals surface area contributed by atoms with Crippen molar-refractivity contribution in [3.63, 3.8) is 0 Å². The molecule has 1 heterocycles. The monoisotopic (exact) mass is 456 g/mol. The maximum absolute atomic E-state index is 13.5. The molecule has 0 bridgehead atoms. The zero-order valence-electron chi connectivity index (χ0n) is 18.9. The second kappa shape index (κ2) is 12.3. The molecule has 3 rings (SSSR count). The van der Waals surface area contributed by atoms with Crippen LogP contribution in [0.4, 0.5) is 0 Å².